The minimum absolute atomic E-state index is 0.269. The molecule has 0 saturated carbocycles. The zero-order valence-electron chi connectivity index (χ0n) is 21.0. The van der Waals surface area contributed by atoms with Crippen LogP contribution in [0.4, 0.5) is 28.9 Å². The van der Waals surface area contributed by atoms with Gasteiger partial charge in [-0.3, -0.25) is 0 Å². The second-order valence-electron chi connectivity index (χ2n) is 9.11. The van der Waals surface area contributed by atoms with Crippen LogP contribution in [0.5, 0.6) is 0 Å². The molecule has 0 spiro atoms. The van der Waals surface area contributed by atoms with Gasteiger partial charge in [0.1, 0.15) is 17.0 Å². The molecule has 0 unspecified atom stereocenters. The number of hydrogen-bond acceptors (Lipinski definition) is 6. The molecule has 5 aromatic rings. The number of aryl methyl sites for hydroxylation is 1. The molecule has 2 aromatic heterocycles. The summed E-state index contributed by atoms with van der Waals surface area (Å²) in [4.78, 5) is 0. The Hall–Kier alpha value is -4.71. The molecule has 200 valence electrons. The van der Waals surface area contributed by atoms with Crippen LogP contribution in [0.2, 0.25) is 0 Å². The third-order valence-electron chi connectivity index (χ3n) is 6.22. The molecule has 0 atom stereocenters. The lowest BCUT2D eigenvalue weighted by Gasteiger charge is -2.19. The largest absolute Gasteiger partial charge is 0.419 e. The van der Waals surface area contributed by atoms with E-state index in [4.69, 9.17) is 5.84 Å². The number of hydrazine groups is 1. The van der Waals surface area contributed by atoms with E-state index < -0.39 is 17.6 Å². The number of para-hydroxylation sites is 1. The molecule has 0 bridgehead atoms. The topological polar surface area (TPSA) is 89.8 Å². The van der Waals surface area contributed by atoms with Gasteiger partial charge in [0, 0.05) is 31.0 Å². The molecule has 0 amide bonds. The SMILES string of the molecule is C=C(Cc1cc(-n2nnc3ccccc32)c(F)cc1C)Nc1ccc(-n2cc(C(F)(F)F)cn2)c(N(C)N)c1. The minimum atomic E-state index is -4.51. The van der Waals surface area contributed by atoms with Crippen LogP contribution < -0.4 is 16.2 Å². The number of benzene rings is 3. The Balaban J connectivity index is 1.39. The lowest BCUT2D eigenvalue weighted by atomic mass is 10.0. The summed E-state index contributed by atoms with van der Waals surface area (Å²) in [6, 6.07) is 15.4. The zero-order chi connectivity index (χ0) is 27.9. The standard InChI is InChI=1S/C27H24F4N8/c1-16-10-21(28)25(39-23-7-5-4-6-22(23)35-36-39)12-18(16)11-17(2)34-20-8-9-24(26(13-20)37(3)32)38-15-19(14-33-38)27(29,30)31/h4-10,12-15,34H,2,11,32H2,1,3H3. The predicted molar refractivity (Wildman–Crippen MR) is 141 cm³/mol. The second-order valence-corrected chi connectivity index (χ2v) is 9.11. The first-order chi connectivity index (χ1) is 18.5. The first kappa shape index (κ1) is 25.9. The van der Waals surface area contributed by atoms with Gasteiger partial charge in [0.25, 0.3) is 0 Å². The normalized spacial score (nSPS) is 11.7. The lowest BCUT2D eigenvalue weighted by molar-refractivity contribution is -0.137. The third kappa shape index (κ3) is 5.18. The number of aromatic nitrogens is 5. The zero-order valence-corrected chi connectivity index (χ0v) is 21.0. The van der Waals surface area contributed by atoms with Crippen molar-refractivity contribution in [3.8, 4) is 11.4 Å². The molecule has 0 saturated heterocycles. The predicted octanol–water partition coefficient (Wildman–Crippen LogP) is 5.55. The lowest BCUT2D eigenvalue weighted by Crippen LogP contribution is -2.26. The molecule has 12 heteroatoms. The number of halogens is 4. The van der Waals surface area contributed by atoms with Crippen molar-refractivity contribution in [2.24, 2.45) is 5.84 Å². The van der Waals surface area contributed by atoms with E-state index in [0.29, 0.717) is 40.2 Å². The third-order valence-corrected chi connectivity index (χ3v) is 6.22. The van der Waals surface area contributed by atoms with Crippen molar-refractivity contribution in [2.75, 3.05) is 17.4 Å². The Morgan fingerprint density at radius 1 is 1.10 bits per heavy atom. The Morgan fingerprint density at radius 2 is 1.87 bits per heavy atom. The molecule has 0 fully saturated rings. The number of anilines is 2. The van der Waals surface area contributed by atoms with Crippen molar-refractivity contribution >= 4 is 22.4 Å². The van der Waals surface area contributed by atoms with Crippen molar-refractivity contribution < 1.29 is 17.6 Å². The van der Waals surface area contributed by atoms with Gasteiger partial charge in [0.05, 0.1) is 28.7 Å². The van der Waals surface area contributed by atoms with Crippen LogP contribution >= 0.6 is 0 Å². The monoisotopic (exact) mass is 536 g/mol. The molecule has 2 heterocycles. The first-order valence-electron chi connectivity index (χ1n) is 11.8. The Morgan fingerprint density at radius 3 is 2.59 bits per heavy atom. The van der Waals surface area contributed by atoms with E-state index in [2.05, 4.69) is 27.3 Å². The summed E-state index contributed by atoms with van der Waals surface area (Å²) in [6.45, 7) is 5.92. The number of alkyl halides is 3. The second kappa shape index (κ2) is 9.87. The minimum Gasteiger partial charge on any atom is -0.359 e. The Labute approximate surface area is 220 Å². The number of rotatable bonds is 7. The highest BCUT2D eigenvalue weighted by atomic mass is 19.4. The van der Waals surface area contributed by atoms with E-state index in [1.807, 2.05) is 25.1 Å². The maximum atomic E-state index is 15.0. The fourth-order valence-electron chi connectivity index (χ4n) is 4.26. The van der Waals surface area contributed by atoms with Gasteiger partial charge in [-0.25, -0.2) is 19.6 Å². The molecule has 5 rings (SSSR count). The average molecular weight is 537 g/mol. The van der Waals surface area contributed by atoms with E-state index in [0.717, 1.165) is 28.2 Å². The summed E-state index contributed by atoms with van der Waals surface area (Å²) in [6.07, 6.45) is -2.47. The molecule has 0 radical (unpaired) electrons. The highest BCUT2D eigenvalue weighted by Gasteiger charge is 2.32. The quantitative estimate of drug-likeness (QED) is 0.161. The van der Waals surface area contributed by atoms with Crippen LogP contribution in [0, 0.1) is 12.7 Å². The van der Waals surface area contributed by atoms with Crippen molar-refractivity contribution in [2.45, 2.75) is 19.5 Å². The van der Waals surface area contributed by atoms with Gasteiger partial charge < -0.3 is 10.3 Å². The average Bonchev–Trinajstić information content (AvgIpc) is 3.54. The summed E-state index contributed by atoms with van der Waals surface area (Å²) in [5.41, 5.74) is 4.32. The molecule has 0 aliphatic heterocycles. The van der Waals surface area contributed by atoms with Gasteiger partial charge >= 0.3 is 6.18 Å². The first-order valence-corrected chi connectivity index (χ1v) is 11.8. The number of nitrogens with two attached hydrogens (primary N) is 1. The van der Waals surface area contributed by atoms with Gasteiger partial charge in [0.2, 0.25) is 0 Å². The van der Waals surface area contributed by atoms with Gasteiger partial charge in [-0.1, -0.05) is 23.9 Å². The van der Waals surface area contributed by atoms with Crippen LogP contribution in [0.3, 0.4) is 0 Å². The highest BCUT2D eigenvalue weighted by Crippen LogP contribution is 2.32. The van der Waals surface area contributed by atoms with Gasteiger partial charge in [0.15, 0.2) is 0 Å². The van der Waals surface area contributed by atoms with Crippen LogP contribution in [0.1, 0.15) is 16.7 Å². The molecule has 0 aliphatic rings. The molecule has 3 aromatic carbocycles. The maximum absolute atomic E-state index is 15.0. The smallest absolute Gasteiger partial charge is 0.359 e. The van der Waals surface area contributed by atoms with E-state index in [-0.39, 0.29) is 5.69 Å². The molecular weight excluding hydrogens is 512 g/mol. The number of fused-ring (bicyclic) bond motifs is 1. The number of nitrogens with zero attached hydrogens (tertiary/aromatic N) is 6. The van der Waals surface area contributed by atoms with E-state index >= 15 is 0 Å². The van der Waals surface area contributed by atoms with Gasteiger partial charge in [-0.2, -0.15) is 18.3 Å². The van der Waals surface area contributed by atoms with Crippen LogP contribution in [-0.4, -0.2) is 31.8 Å². The molecule has 8 nitrogen and oxygen atoms in total. The Kier molecular flexibility index (Phi) is 6.56. The molecule has 0 aliphatic carbocycles. The van der Waals surface area contributed by atoms with Crippen molar-refractivity contribution in [3.63, 3.8) is 0 Å². The maximum Gasteiger partial charge on any atom is 0.419 e. The fourth-order valence-corrected chi connectivity index (χ4v) is 4.26. The summed E-state index contributed by atoms with van der Waals surface area (Å²) in [5.74, 6) is 5.55. The van der Waals surface area contributed by atoms with Crippen molar-refractivity contribution in [1.82, 2.24) is 24.8 Å². The van der Waals surface area contributed by atoms with Crippen molar-refractivity contribution in [3.05, 3.63) is 102 Å². The van der Waals surface area contributed by atoms with Gasteiger partial charge in [-0.05, 0) is 60.5 Å². The number of allylic oxidation sites excluding steroid dienone is 1. The number of nitrogens with one attached hydrogen (secondary N) is 1. The fraction of sp³-hybridized carbons (Fsp3) is 0.148. The van der Waals surface area contributed by atoms with E-state index in [1.165, 1.54) is 15.8 Å². The summed E-state index contributed by atoms with van der Waals surface area (Å²) >= 11 is 0. The highest BCUT2D eigenvalue weighted by molar-refractivity contribution is 5.76. The van der Waals surface area contributed by atoms with Gasteiger partial charge in [-0.15, -0.1) is 5.10 Å². The van der Waals surface area contributed by atoms with E-state index in [1.54, 1.807) is 37.4 Å². The van der Waals surface area contributed by atoms with Crippen LogP contribution in [0.15, 0.2) is 79.3 Å². The summed E-state index contributed by atoms with van der Waals surface area (Å²) in [7, 11) is 1.57. The molecular formula is C27H24F4N8. The number of hydrogen-bond donors (Lipinski definition) is 2. The summed E-state index contributed by atoms with van der Waals surface area (Å²) < 4.78 is 56.7. The van der Waals surface area contributed by atoms with Crippen LogP contribution in [-0.2, 0) is 12.6 Å². The molecule has 39 heavy (non-hydrogen) atoms. The van der Waals surface area contributed by atoms with E-state index in [9.17, 15) is 17.6 Å². The summed E-state index contributed by atoms with van der Waals surface area (Å²) in [5, 5.41) is 16.6. The van der Waals surface area contributed by atoms with Crippen LogP contribution in [0.25, 0.3) is 22.4 Å². The van der Waals surface area contributed by atoms with Crippen molar-refractivity contribution in [1.29, 1.82) is 0 Å². The Bertz CT molecular complexity index is 1680. The molecule has 3 N–H and O–H groups in total.